The summed E-state index contributed by atoms with van der Waals surface area (Å²) in [7, 11) is 2.02. The zero-order valence-electron chi connectivity index (χ0n) is 16.0. The first kappa shape index (κ1) is 18.1. The van der Waals surface area contributed by atoms with E-state index in [1.54, 1.807) is 0 Å². The summed E-state index contributed by atoms with van der Waals surface area (Å²) in [6, 6.07) is 4.17. The average molecular weight is 403 g/mol. The second-order valence-electron chi connectivity index (χ2n) is 7.81. The van der Waals surface area contributed by atoms with Crippen molar-refractivity contribution in [1.29, 1.82) is 0 Å². The third-order valence-corrected chi connectivity index (χ3v) is 5.61. The van der Waals surface area contributed by atoms with Gasteiger partial charge in [0.25, 0.3) is 0 Å². The van der Waals surface area contributed by atoms with Crippen molar-refractivity contribution < 1.29 is 17.9 Å². The van der Waals surface area contributed by atoms with Gasteiger partial charge in [0.15, 0.2) is 23.3 Å². The average Bonchev–Trinajstić information content (AvgIpc) is 3.07. The van der Waals surface area contributed by atoms with Gasteiger partial charge in [0.2, 0.25) is 5.95 Å². The summed E-state index contributed by atoms with van der Waals surface area (Å²) in [5.41, 5.74) is 1.92. The summed E-state index contributed by atoms with van der Waals surface area (Å²) in [5, 5.41) is 3.31. The van der Waals surface area contributed by atoms with Crippen molar-refractivity contribution in [2.24, 2.45) is 0 Å². The molecule has 3 aromatic rings. The van der Waals surface area contributed by atoms with E-state index < -0.39 is 17.5 Å². The molecule has 2 aliphatic rings. The molecular formula is C20H20F3N5O. The maximum Gasteiger partial charge on any atom is 0.225 e. The molecule has 1 aliphatic heterocycles. The van der Waals surface area contributed by atoms with Gasteiger partial charge in [-0.25, -0.2) is 18.2 Å². The number of benzene rings is 1. The Labute approximate surface area is 165 Å². The van der Waals surface area contributed by atoms with Crippen LogP contribution in [0, 0.1) is 17.5 Å². The van der Waals surface area contributed by atoms with Crippen LogP contribution >= 0.6 is 0 Å². The minimum atomic E-state index is -1.49. The number of hydrogen-bond donors (Lipinski definition) is 1. The van der Waals surface area contributed by atoms with E-state index in [1.165, 1.54) is 0 Å². The Morgan fingerprint density at radius 2 is 1.86 bits per heavy atom. The molecule has 0 radical (unpaired) electrons. The molecule has 0 amide bonds. The molecule has 0 unspecified atom stereocenters. The van der Waals surface area contributed by atoms with Gasteiger partial charge in [-0.1, -0.05) is 0 Å². The molecular weight excluding hydrogens is 383 g/mol. The second kappa shape index (κ2) is 6.53. The predicted molar refractivity (Wildman–Crippen MR) is 103 cm³/mol. The lowest BCUT2D eigenvalue weighted by molar-refractivity contribution is 0.107. The first-order chi connectivity index (χ1) is 13.9. The van der Waals surface area contributed by atoms with Gasteiger partial charge in [0.1, 0.15) is 17.4 Å². The Hall–Kier alpha value is -2.97. The summed E-state index contributed by atoms with van der Waals surface area (Å²) in [6.45, 7) is 3.04. The molecule has 0 bridgehead atoms. The molecule has 29 heavy (non-hydrogen) atoms. The van der Waals surface area contributed by atoms with Gasteiger partial charge in [-0.05, 0) is 13.0 Å². The van der Waals surface area contributed by atoms with Crippen LogP contribution in [-0.2, 0) is 0 Å². The standard InChI is InChI=1S/C20H20F3N5O/c1-10-9-27(2)19-18-16(3-4-28(10)18)25-20(26-19)24-11-5-12(6-11)29-13-7-14(21)17(23)15(22)8-13/h3-4,7-8,10-12H,5-6,9H2,1-2H3,(H,24,25,26)/t10-,11?,12?/m0/s1. The molecule has 1 atom stereocenters. The molecule has 0 spiro atoms. The molecule has 1 aromatic carbocycles. The summed E-state index contributed by atoms with van der Waals surface area (Å²) in [4.78, 5) is 11.4. The number of rotatable bonds is 4. The van der Waals surface area contributed by atoms with Crippen molar-refractivity contribution in [1.82, 2.24) is 14.5 Å². The van der Waals surface area contributed by atoms with E-state index in [9.17, 15) is 13.2 Å². The predicted octanol–water partition coefficient (Wildman–Crippen LogP) is 3.88. The van der Waals surface area contributed by atoms with E-state index in [-0.39, 0.29) is 17.9 Å². The van der Waals surface area contributed by atoms with E-state index >= 15 is 0 Å². The smallest absolute Gasteiger partial charge is 0.225 e. The Morgan fingerprint density at radius 3 is 2.59 bits per heavy atom. The van der Waals surface area contributed by atoms with Crippen molar-refractivity contribution in [2.75, 3.05) is 23.8 Å². The van der Waals surface area contributed by atoms with Crippen LogP contribution in [0.4, 0.5) is 24.9 Å². The molecule has 0 saturated heterocycles. The van der Waals surface area contributed by atoms with Crippen LogP contribution in [0.2, 0.25) is 0 Å². The van der Waals surface area contributed by atoms with Crippen LogP contribution in [0.1, 0.15) is 25.8 Å². The zero-order valence-corrected chi connectivity index (χ0v) is 16.0. The lowest BCUT2D eigenvalue weighted by atomic mass is 9.89. The molecule has 5 rings (SSSR count). The van der Waals surface area contributed by atoms with Gasteiger partial charge in [0.05, 0.1) is 5.52 Å². The Balaban J connectivity index is 1.27. The summed E-state index contributed by atoms with van der Waals surface area (Å²) in [5.74, 6) is -2.57. The molecule has 1 N–H and O–H groups in total. The topological polar surface area (TPSA) is 55.2 Å². The molecule has 3 heterocycles. The number of halogens is 3. The van der Waals surface area contributed by atoms with Gasteiger partial charge in [-0.3, -0.25) is 0 Å². The molecule has 6 nitrogen and oxygen atoms in total. The number of nitrogens with zero attached hydrogens (tertiary/aromatic N) is 4. The van der Waals surface area contributed by atoms with E-state index in [0.717, 1.165) is 35.5 Å². The van der Waals surface area contributed by atoms with E-state index in [0.29, 0.717) is 24.8 Å². The number of hydrogen-bond acceptors (Lipinski definition) is 5. The van der Waals surface area contributed by atoms with E-state index in [4.69, 9.17) is 4.74 Å². The molecule has 2 aromatic heterocycles. The summed E-state index contributed by atoms with van der Waals surface area (Å²) < 4.78 is 47.4. The lowest BCUT2D eigenvalue weighted by Crippen LogP contribution is -2.43. The van der Waals surface area contributed by atoms with Gasteiger partial charge in [-0.2, -0.15) is 4.98 Å². The normalized spacial score (nSPS) is 23.2. The van der Waals surface area contributed by atoms with E-state index in [2.05, 4.69) is 31.7 Å². The number of aromatic nitrogens is 3. The molecule has 1 aliphatic carbocycles. The molecule has 1 saturated carbocycles. The fourth-order valence-corrected chi connectivity index (χ4v) is 4.07. The maximum atomic E-state index is 13.3. The van der Waals surface area contributed by atoms with Crippen molar-refractivity contribution in [2.45, 2.75) is 38.0 Å². The van der Waals surface area contributed by atoms with Gasteiger partial charge in [0, 0.05) is 56.8 Å². The third-order valence-electron chi connectivity index (χ3n) is 5.61. The molecule has 152 valence electrons. The van der Waals surface area contributed by atoms with Crippen LogP contribution in [0.25, 0.3) is 11.0 Å². The number of ether oxygens (including phenoxy) is 1. The van der Waals surface area contributed by atoms with Gasteiger partial charge < -0.3 is 19.5 Å². The quantitative estimate of drug-likeness (QED) is 0.670. The largest absolute Gasteiger partial charge is 0.490 e. The first-order valence-electron chi connectivity index (χ1n) is 9.56. The zero-order chi connectivity index (χ0) is 20.3. The third kappa shape index (κ3) is 3.04. The SMILES string of the molecule is C[C@H]1CN(C)c2nc(NC3CC(Oc4cc(F)c(F)c(F)c4)C3)nc3ccn1c23. The minimum Gasteiger partial charge on any atom is -0.490 e. The number of anilines is 2. The fraction of sp³-hybridized carbons (Fsp3) is 0.400. The lowest BCUT2D eigenvalue weighted by Gasteiger charge is -2.36. The van der Waals surface area contributed by atoms with Crippen molar-refractivity contribution in [3.8, 4) is 5.75 Å². The molecule has 1 fully saturated rings. The van der Waals surface area contributed by atoms with Crippen molar-refractivity contribution in [3.05, 3.63) is 41.8 Å². The van der Waals surface area contributed by atoms with Crippen molar-refractivity contribution >= 4 is 22.8 Å². The molecule has 9 heteroatoms. The highest BCUT2D eigenvalue weighted by Gasteiger charge is 2.33. The Kier molecular flexibility index (Phi) is 4.07. The van der Waals surface area contributed by atoms with Crippen LogP contribution in [0.5, 0.6) is 5.75 Å². The highest BCUT2D eigenvalue weighted by molar-refractivity contribution is 5.89. The number of likely N-dealkylation sites (N-methyl/N-ethyl adjacent to an activating group) is 1. The Bertz CT molecular complexity index is 1070. The monoisotopic (exact) mass is 403 g/mol. The van der Waals surface area contributed by atoms with Crippen LogP contribution in [-0.4, -0.2) is 40.3 Å². The first-order valence-corrected chi connectivity index (χ1v) is 9.56. The van der Waals surface area contributed by atoms with Crippen LogP contribution in [0.3, 0.4) is 0 Å². The van der Waals surface area contributed by atoms with Crippen LogP contribution < -0.4 is 15.0 Å². The van der Waals surface area contributed by atoms with Gasteiger partial charge >= 0.3 is 0 Å². The summed E-state index contributed by atoms with van der Waals surface area (Å²) in [6.07, 6.45) is 3.10. The highest BCUT2D eigenvalue weighted by atomic mass is 19.2. The number of nitrogens with one attached hydrogen (secondary N) is 1. The summed E-state index contributed by atoms with van der Waals surface area (Å²) >= 11 is 0. The maximum absolute atomic E-state index is 13.3. The Morgan fingerprint density at radius 1 is 1.14 bits per heavy atom. The van der Waals surface area contributed by atoms with E-state index in [1.807, 2.05) is 19.3 Å². The van der Waals surface area contributed by atoms with Crippen LogP contribution in [0.15, 0.2) is 24.4 Å². The highest BCUT2D eigenvalue weighted by Crippen LogP contribution is 2.34. The fourth-order valence-electron chi connectivity index (χ4n) is 4.07. The second-order valence-corrected chi connectivity index (χ2v) is 7.81. The van der Waals surface area contributed by atoms with Gasteiger partial charge in [-0.15, -0.1) is 0 Å². The minimum absolute atomic E-state index is 0.0102. The van der Waals surface area contributed by atoms with Crippen molar-refractivity contribution in [3.63, 3.8) is 0 Å².